The maximum absolute atomic E-state index is 6.30. The molecule has 0 bridgehead atoms. The zero-order valence-electron chi connectivity index (χ0n) is 21.6. The monoisotopic (exact) mass is 484 g/mol. The maximum atomic E-state index is 6.30. The summed E-state index contributed by atoms with van der Waals surface area (Å²) in [5.41, 5.74) is 5.68. The Kier molecular flexibility index (Phi) is 5.71. The van der Waals surface area contributed by atoms with Gasteiger partial charge in [-0.15, -0.1) is 0 Å². The van der Waals surface area contributed by atoms with Gasteiger partial charge in [0.15, 0.2) is 5.72 Å². The third kappa shape index (κ3) is 4.46. The minimum atomic E-state index is -0.635. The molecule has 0 radical (unpaired) electrons. The van der Waals surface area contributed by atoms with Gasteiger partial charge in [-0.2, -0.15) is 0 Å². The molecule has 0 atom stereocenters. The van der Waals surface area contributed by atoms with Crippen LogP contribution in [0.1, 0.15) is 27.7 Å². The van der Waals surface area contributed by atoms with Crippen molar-refractivity contribution < 1.29 is 9.31 Å². The number of nitrogens with zero attached hydrogens (tertiary/aromatic N) is 2. The highest BCUT2D eigenvalue weighted by molar-refractivity contribution is 6.60. The Bertz CT molecular complexity index is 1560. The zero-order valence-corrected chi connectivity index (χ0v) is 21.6. The van der Waals surface area contributed by atoms with Crippen molar-refractivity contribution in [3.63, 3.8) is 0 Å². The lowest BCUT2D eigenvalue weighted by Crippen LogP contribution is -2.41. The Hall–Kier alpha value is -3.80. The molecule has 37 heavy (non-hydrogen) atoms. The topological polar surface area (TPSA) is 44.2 Å². The second kappa shape index (κ2) is 8.95. The molecular formula is C32H29BN2O2. The van der Waals surface area contributed by atoms with Gasteiger partial charge in [-0.05, 0) is 61.7 Å². The van der Waals surface area contributed by atoms with E-state index in [1.54, 1.807) is 0 Å². The van der Waals surface area contributed by atoms with E-state index in [2.05, 4.69) is 78.9 Å². The lowest BCUT2D eigenvalue weighted by atomic mass is 9.88. The van der Waals surface area contributed by atoms with Crippen molar-refractivity contribution in [1.29, 1.82) is 0 Å². The molecule has 4 nitrogen and oxygen atoms in total. The lowest BCUT2D eigenvalue weighted by molar-refractivity contribution is 0.00578. The Labute approximate surface area is 218 Å². The third-order valence-corrected chi connectivity index (χ3v) is 7.54. The average Bonchev–Trinajstić information content (AvgIpc) is 3.15. The van der Waals surface area contributed by atoms with Crippen LogP contribution in [0.3, 0.4) is 0 Å². The highest BCUT2D eigenvalue weighted by Crippen LogP contribution is 2.36. The van der Waals surface area contributed by atoms with E-state index in [-0.39, 0.29) is 0 Å². The van der Waals surface area contributed by atoms with Crippen LogP contribution in [0, 0.1) is 0 Å². The molecule has 0 aliphatic carbocycles. The average molecular weight is 484 g/mol. The van der Waals surface area contributed by atoms with Crippen molar-refractivity contribution >= 4 is 23.6 Å². The van der Waals surface area contributed by atoms with Crippen molar-refractivity contribution in [2.45, 2.75) is 38.9 Å². The van der Waals surface area contributed by atoms with Crippen molar-refractivity contribution in [1.82, 2.24) is 9.97 Å². The standard InChI is InChI=1S/C32H29BN2O2/c1-31(2)32(3,4)37-33(36-31)30-34-28(24-11-6-5-7-12-24)21-29(35-30)25-17-14-23(15-18-25)27-19-16-22-10-8-9-13-26(22)20-27/h5-21H,1-4H3. The molecule has 5 aromatic rings. The van der Waals surface area contributed by atoms with Crippen LogP contribution in [0.4, 0.5) is 0 Å². The number of benzene rings is 4. The van der Waals surface area contributed by atoms with Gasteiger partial charge >= 0.3 is 7.12 Å². The van der Waals surface area contributed by atoms with E-state index < -0.39 is 18.3 Å². The molecule has 1 saturated heterocycles. The molecule has 0 N–H and O–H groups in total. The summed E-state index contributed by atoms with van der Waals surface area (Å²) in [6.07, 6.45) is 0. The first-order valence-electron chi connectivity index (χ1n) is 12.7. The molecule has 6 rings (SSSR count). The maximum Gasteiger partial charge on any atom is 0.534 e. The van der Waals surface area contributed by atoms with E-state index in [1.807, 2.05) is 52.0 Å². The summed E-state index contributed by atoms with van der Waals surface area (Å²) in [5.74, 6) is 0. The summed E-state index contributed by atoms with van der Waals surface area (Å²) in [7, 11) is -0.635. The van der Waals surface area contributed by atoms with Crippen LogP contribution < -0.4 is 5.72 Å². The van der Waals surface area contributed by atoms with Crippen LogP contribution >= 0.6 is 0 Å². The summed E-state index contributed by atoms with van der Waals surface area (Å²) in [4.78, 5) is 9.80. The van der Waals surface area contributed by atoms with Gasteiger partial charge in [0, 0.05) is 11.1 Å². The van der Waals surface area contributed by atoms with Gasteiger partial charge in [-0.3, -0.25) is 0 Å². The normalized spacial score (nSPS) is 16.3. The van der Waals surface area contributed by atoms with Gasteiger partial charge < -0.3 is 9.31 Å². The fourth-order valence-electron chi connectivity index (χ4n) is 4.63. The summed E-state index contributed by atoms with van der Waals surface area (Å²) in [6.45, 7) is 8.17. The van der Waals surface area contributed by atoms with E-state index in [4.69, 9.17) is 19.3 Å². The number of hydrogen-bond acceptors (Lipinski definition) is 4. The molecule has 2 heterocycles. The van der Waals surface area contributed by atoms with Gasteiger partial charge in [0.05, 0.1) is 22.6 Å². The molecule has 1 aromatic heterocycles. The van der Waals surface area contributed by atoms with E-state index in [0.29, 0.717) is 5.72 Å². The zero-order chi connectivity index (χ0) is 25.6. The molecule has 0 unspecified atom stereocenters. The second-order valence-corrected chi connectivity index (χ2v) is 10.6. The summed E-state index contributed by atoms with van der Waals surface area (Å²) in [5, 5.41) is 2.48. The summed E-state index contributed by atoms with van der Waals surface area (Å²) < 4.78 is 12.6. The molecule has 1 aliphatic rings. The van der Waals surface area contributed by atoms with Crippen molar-refractivity contribution in [3.05, 3.63) is 103 Å². The highest BCUT2D eigenvalue weighted by Gasteiger charge is 2.53. The Morgan fingerprint density at radius 2 is 1.03 bits per heavy atom. The lowest BCUT2D eigenvalue weighted by Gasteiger charge is -2.32. The molecule has 182 valence electrons. The van der Waals surface area contributed by atoms with Gasteiger partial charge in [0.2, 0.25) is 0 Å². The Morgan fingerprint density at radius 1 is 0.514 bits per heavy atom. The third-order valence-electron chi connectivity index (χ3n) is 7.54. The smallest absolute Gasteiger partial charge is 0.397 e. The van der Waals surface area contributed by atoms with E-state index in [0.717, 1.165) is 28.1 Å². The first-order chi connectivity index (χ1) is 17.8. The fraction of sp³-hybridized carbons (Fsp3) is 0.188. The van der Waals surface area contributed by atoms with Gasteiger partial charge in [0.1, 0.15) is 0 Å². The number of fused-ring (bicyclic) bond motifs is 1. The predicted molar refractivity (Wildman–Crippen MR) is 152 cm³/mol. The second-order valence-electron chi connectivity index (χ2n) is 10.6. The van der Waals surface area contributed by atoms with Crippen LogP contribution in [0.25, 0.3) is 44.4 Å². The predicted octanol–water partition coefficient (Wildman–Crippen LogP) is 6.93. The van der Waals surface area contributed by atoms with E-state index in [1.165, 1.54) is 16.3 Å². The van der Waals surface area contributed by atoms with Gasteiger partial charge in [-0.25, -0.2) is 9.97 Å². The number of hydrogen-bond donors (Lipinski definition) is 0. The minimum Gasteiger partial charge on any atom is -0.397 e. The van der Waals surface area contributed by atoms with Crippen LogP contribution in [0.2, 0.25) is 0 Å². The SMILES string of the molecule is CC1(C)OB(c2nc(-c3ccccc3)cc(-c3ccc(-c4ccc5ccccc5c4)cc3)n2)OC1(C)C. The van der Waals surface area contributed by atoms with Crippen molar-refractivity contribution in [3.8, 4) is 33.6 Å². The number of aromatic nitrogens is 2. The quantitative estimate of drug-likeness (QED) is 0.260. The van der Waals surface area contributed by atoms with Gasteiger partial charge in [-0.1, -0.05) is 91.0 Å². The Morgan fingerprint density at radius 3 is 1.68 bits per heavy atom. The molecule has 4 aromatic carbocycles. The van der Waals surface area contributed by atoms with Gasteiger partial charge in [0.25, 0.3) is 0 Å². The number of rotatable bonds is 4. The molecular weight excluding hydrogens is 455 g/mol. The first kappa shape index (κ1) is 23.6. The Balaban J connectivity index is 1.39. The first-order valence-corrected chi connectivity index (χ1v) is 12.7. The fourth-order valence-corrected chi connectivity index (χ4v) is 4.63. The molecule has 0 saturated carbocycles. The van der Waals surface area contributed by atoms with Crippen molar-refractivity contribution in [2.75, 3.05) is 0 Å². The molecule has 0 spiro atoms. The molecule has 5 heteroatoms. The van der Waals surface area contributed by atoms with Crippen molar-refractivity contribution in [2.24, 2.45) is 0 Å². The van der Waals surface area contributed by atoms with E-state index >= 15 is 0 Å². The highest BCUT2D eigenvalue weighted by atomic mass is 16.7. The van der Waals surface area contributed by atoms with E-state index in [9.17, 15) is 0 Å². The van der Waals surface area contributed by atoms with Crippen LogP contribution in [-0.2, 0) is 9.31 Å². The minimum absolute atomic E-state index is 0.467. The summed E-state index contributed by atoms with van der Waals surface area (Å²) in [6, 6.07) is 35.8. The largest absolute Gasteiger partial charge is 0.534 e. The van der Waals surface area contributed by atoms with Crippen LogP contribution in [-0.4, -0.2) is 28.3 Å². The molecule has 0 amide bonds. The summed E-state index contributed by atoms with van der Waals surface area (Å²) >= 11 is 0. The molecule has 1 aliphatic heterocycles. The van der Waals surface area contributed by atoms with Crippen LogP contribution in [0.15, 0.2) is 103 Å². The molecule has 1 fully saturated rings. The van der Waals surface area contributed by atoms with Crippen LogP contribution in [0.5, 0.6) is 0 Å².